The van der Waals surface area contributed by atoms with E-state index < -0.39 is 0 Å². The summed E-state index contributed by atoms with van der Waals surface area (Å²) in [6, 6.07) is 11.2. The Hall–Kier alpha value is -2.46. The van der Waals surface area contributed by atoms with Crippen molar-refractivity contribution in [1.82, 2.24) is 4.98 Å². The quantitative estimate of drug-likeness (QED) is 0.754. The van der Waals surface area contributed by atoms with Crippen LogP contribution in [0.1, 0.15) is 12.0 Å². The van der Waals surface area contributed by atoms with Crippen LogP contribution in [0.25, 0.3) is 22.0 Å². The topological polar surface area (TPSA) is 54.2 Å². The van der Waals surface area contributed by atoms with Crippen LogP contribution in [-0.2, 0) is 6.42 Å². The third-order valence-corrected chi connectivity index (χ3v) is 4.15. The van der Waals surface area contributed by atoms with Crippen LogP contribution < -0.4 is 5.73 Å². The Morgan fingerprint density at radius 2 is 2.09 bits per heavy atom. The predicted octanol–water partition coefficient (Wildman–Crippen LogP) is 3.95. The van der Waals surface area contributed by atoms with Gasteiger partial charge < -0.3 is 10.7 Å². The molecular formula is C18H16FN3. The number of benzene rings is 2. The van der Waals surface area contributed by atoms with Gasteiger partial charge in [-0.15, -0.1) is 0 Å². The van der Waals surface area contributed by atoms with Crippen molar-refractivity contribution < 1.29 is 4.39 Å². The minimum atomic E-state index is -0.231. The van der Waals surface area contributed by atoms with E-state index in [2.05, 4.69) is 28.2 Å². The summed E-state index contributed by atoms with van der Waals surface area (Å²) in [7, 11) is 0. The molecule has 1 aliphatic rings. The molecule has 3 N–H and O–H groups in total. The number of aromatic nitrogens is 1. The summed E-state index contributed by atoms with van der Waals surface area (Å²) < 4.78 is 13.3. The van der Waals surface area contributed by atoms with Crippen molar-refractivity contribution >= 4 is 22.3 Å². The van der Waals surface area contributed by atoms with Gasteiger partial charge in [-0.05, 0) is 48.4 Å². The molecule has 0 spiro atoms. The number of hydrogen-bond donors (Lipinski definition) is 2. The highest BCUT2D eigenvalue weighted by Crippen LogP contribution is 2.35. The van der Waals surface area contributed by atoms with Crippen LogP contribution in [0.3, 0.4) is 0 Å². The number of aliphatic imine (C=N–C) groups is 1. The first-order valence-corrected chi connectivity index (χ1v) is 7.41. The molecule has 1 aromatic heterocycles. The van der Waals surface area contributed by atoms with Crippen molar-refractivity contribution in [3.8, 4) is 11.1 Å². The minimum Gasteiger partial charge on any atom is -0.360 e. The summed E-state index contributed by atoms with van der Waals surface area (Å²) in [5.74, 6) is -0.231. The first-order valence-electron chi connectivity index (χ1n) is 7.41. The van der Waals surface area contributed by atoms with Crippen LogP contribution in [0.5, 0.6) is 0 Å². The highest BCUT2D eigenvalue weighted by molar-refractivity contribution is 5.98. The summed E-state index contributed by atoms with van der Waals surface area (Å²) in [5, 5.41) is 1.02. The van der Waals surface area contributed by atoms with E-state index in [0.29, 0.717) is 6.54 Å². The lowest BCUT2D eigenvalue weighted by molar-refractivity contribution is 0.629. The van der Waals surface area contributed by atoms with E-state index in [1.807, 2.05) is 12.3 Å². The number of rotatable bonds is 3. The van der Waals surface area contributed by atoms with Crippen LogP contribution in [0.2, 0.25) is 0 Å². The molecule has 0 radical (unpaired) electrons. The fourth-order valence-electron chi connectivity index (χ4n) is 3.06. The maximum absolute atomic E-state index is 13.3. The molecule has 0 saturated carbocycles. The molecule has 2 aromatic carbocycles. The first-order chi connectivity index (χ1) is 10.7. The summed E-state index contributed by atoms with van der Waals surface area (Å²) in [6.45, 7) is 0.633. The highest BCUT2D eigenvalue weighted by Gasteiger charge is 2.15. The second-order valence-electron chi connectivity index (χ2n) is 5.63. The third-order valence-electron chi connectivity index (χ3n) is 4.15. The second kappa shape index (κ2) is 5.07. The fraction of sp³-hybridized carbons (Fsp3) is 0.167. The number of nitrogens with one attached hydrogen (secondary N) is 1. The van der Waals surface area contributed by atoms with Crippen molar-refractivity contribution in [1.29, 1.82) is 0 Å². The van der Waals surface area contributed by atoms with E-state index in [0.717, 1.165) is 46.3 Å². The average molecular weight is 293 g/mol. The van der Waals surface area contributed by atoms with E-state index in [1.54, 1.807) is 0 Å². The van der Waals surface area contributed by atoms with Crippen molar-refractivity contribution in [3.05, 3.63) is 54.0 Å². The Kier molecular flexibility index (Phi) is 3.05. The maximum Gasteiger partial charge on any atom is 0.125 e. The van der Waals surface area contributed by atoms with Gasteiger partial charge in [-0.25, -0.2) is 4.39 Å². The highest BCUT2D eigenvalue weighted by atomic mass is 19.1. The van der Waals surface area contributed by atoms with Gasteiger partial charge in [0.25, 0.3) is 0 Å². The molecule has 3 nitrogen and oxygen atoms in total. The summed E-state index contributed by atoms with van der Waals surface area (Å²) in [6.07, 6.45) is 3.66. The molecule has 0 unspecified atom stereocenters. The molecule has 4 heteroatoms. The van der Waals surface area contributed by atoms with Crippen molar-refractivity contribution in [2.24, 2.45) is 10.7 Å². The molecule has 22 heavy (non-hydrogen) atoms. The molecule has 3 aromatic rings. The van der Waals surface area contributed by atoms with Gasteiger partial charge in [0.15, 0.2) is 0 Å². The van der Waals surface area contributed by atoms with Crippen molar-refractivity contribution in [2.45, 2.75) is 12.8 Å². The van der Waals surface area contributed by atoms with Gasteiger partial charge in [-0.2, -0.15) is 0 Å². The molecule has 0 fully saturated rings. The zero-order chi connectivity index (χ0) is 15.1. The van der Waals surface area contributed by atoms with Gasteiger partial charge in [0, 0.05) is 34.8 Å². The monoisotopic (exact) mass is 293 g/mol. The SMILES string of the molecule is NCCC1=Nc2cc(-c3c[nH]c4cc(F)ccc34)ccc2C1. The summed E-state index contributed by atoms with van der Waals surface area (Å²) >= 11 is 0. The summed E-state index contributed by atoms with van der Waals surface area (Å²) in [5.41, 5.74) is 12.0. The largest absolute Gasteiger partial charge is 0.360 e. The van der Waals surface area contributed by atoms with Crippen LogP contribution in [-0.4, -0.2) is 17.2 Å². The van der Waals surface area contributed by atoms with Crippen LogP contribution in [0, 0.1) is 5.82 Å². The lowest BCUT2D eigenvalue weighted by Crippen LogP contribution is -2.07. The van der Waals surface area contributed by atoms with Gasteiger partial charge in [0.2, 0.25) is 0 Å². The van der Waals surface area contributed by atoms with Crippen LogP contribution >= 0.6 is 0 Å². The second-order valence-corrected chi connectivity index (χ2v) is 5.63. The van der Waals surface area contributed by atoms with Crippen LogP contribution in [0.15, 0.2) is 47.6 Å². The van der Waals surface area contributed by atoms with E-state index in [9.17, 15) is 4.39 Å². The van der Waals surface area contributed by atoms with Gasteiger partial charge in [-0.3, -0.25) is 4.99 Å². The van der Waals surface area contributed by atoms with E-state index in [-0.39, 0.29) is 5.82 Å². The molecule has 0 bridgehead atoms. The molecule has 1 aliphatic heterocycles. The number of aromatic amines is 1. The van der Waals surface area contributed by atoms with Crippen molar-refractivity contribution in [2.75, 3.05) is 6.54 Å². The zero-order valence-corrected chi connectivity index (χ0v) is 12.1. The van der Waals surface area contributed by atoms with Gasteiger partial charge in [0.1, 0.15) is 5.82 Å². The van der Waals surface area contributed by atoms with Gasteiger partial charge >= 0.3 is 0 Å². The molecule has 4 rings (SSSR count). The average Bonchev–Trinajstić information content (AvgIpc) is 3.09. The molecule has 0 saturated heterocycles. The maximum atomic E-state index is 13.3. The lowest BCUT2D eigenvalue weighted by atomic mass is 10.0. The number of halogens is 1. The number of H-pyrrole nitrogens is 1. The Balaban J connectivity index is 1.79. The predicted molar refractivity (Wildman–Crippen MR) is 88.2 cm³/mol. The number of nitrogens with two attached hydrogens (primary N) is 1. The van der Waals surface area contributed by atoms with E-state index >= 15 is 0 Å². The first kappa shape index (κ1) is 13.2. The van der Waals surface area contributed by atoms with E-state index in [1.165, 1.54) is 17.7 Å². The van der Waals surface area contributed by atoms with Gasteiger partial charge in [-0.1, -0.05) is 12.1 Å². The standard InChI is InChI=1S/C18H16FN3/c19-13-3-4-15-16(10-21-18(15)9-13)11-1-2-12-7-14(5-6-20)22-17(12)8-11/h1-4,8-10,21H,5-7,20H2. The Morgan fingerprint density at radius 3 is 2.95 bits per heavy atom. The zero-order valence-electron chi connectivity index (χ0n) is 12.1. The minimum absolute atomic E-state index is 0.231. The Bertz CT molecular complexity index is 892. The molecule has 0 amide bonds. The number of nitrogens with zero attached hydrogens (tertiary/aromatic N) is 1. The molecule has 0 aliphatic carbocycles. The summed E-state index contributed by atoms with van der Waals surface area (Å²) in [4.78, 5) is 7.80. The lowest BCUT2D eigenvalue weighted by Gasteiger charge is -2.03. The van der Waals surface area contributed by atoms with E-state index in [4.69, 9.17) is 5.73 Å². The third kappa shape index (κ3) is 2.12. The fourth-order valence-corrected chi connectivity index (χ4v) is 3.06. The van der Waals surface area contributed by atoms with Crippen LogP contribution in [0.4, 0.5) is 10.1 Å². The number of fused-ring (bicyclic) bond motifs is 2. The Morgan fingerprint density at radius 1 is 1.18 bits per heavy atom. The normalized spacial score (nSPS) is 13.5. The molecule has 110 valence electrons. The Labute approximate surface area is 127 Å². The molecule has 2 heterocycles. The molecule has 0 atom stereocenters. The number of hydrogen-bond acceptors (Lipinski definition) is 2. The molecular weight excluding hydrogens is 277 g/mol. The van der Waals surface area contributed by atoms with Gasteiger partial charge in [0.05, 0.1) is 5.69 Å². The van der Waals surface area contributed by atoms with Crippen molar-refractivity contribution in [3.63, 3.8) is 0 Å². The smallest absolute Gasteiger partial charge is 0.125 e.